The highest BCUT2D eigenvalue weighted by Gasteiger charge is 2.34. The van der Waals surface area contributed by atoms with E-state index in [2.05, 4.69) is 30.4 Å². The van der Waals surface area contributed by atoms with Gasteiger partial charge in [-0.2, -0.15) is 5.26 Å². The molecule has 1 aromatic carbocycles. The number of hydrogen-bond donors (Lipinski definition) is 1. The molecule has 78 valence electrons. The van der Waals surface area contributed by atoms with Crippen molar-refractivity contribution in [3.8, 4) is 6.07 Å². The SMILES string of the molecule is Cc1ccccc1C1(C#N)CCCCN1. The second-order valence-corrected chi connectivity index (χ2v) is 4.22. The van der Waals surface area contributed by atoms with Crippen LogP contribution >= 0.6 is 0 Å². The Morgan fingerprint density at radius 3 is 2.73 bits per heavy atom. The zero-order chi connectivity index (χ0) is 10.7. The van der Waals surface area contributed by atoms with Crippen LogP contribution in [0.4, 0.5) is 0 Å². The molecule has 0 saturated carbocycles. The van der Waals surface area contributed by atoms with Gasteiger partial charge >= 0.3 is 0 Å². The molecule has 0 aliphatic carbocycles. The van der Waals surface area contributed by atoms with Gasteiger partial charge in [0.2, 0.25) is 0 Å². The first-order valence-corrected chi connectivity index (χ1v) is 5.51. The Balaban J connectivity index is 2.42. The molecule has 0 radical (unpaired) electrons. The van der Waals surface area contributed by atoms with Crippen molar-refractivity contribution in [2.45, 2.75) is 31.7 Å². The van der Waals surface area contributed by atoms with Crippen molar-refractivity contribution in [1.82, 2.24) is 5.32 Å². The molecule has 1 aromatic rings. The second-order valence-electron chi connectivity index (χ2n) is 4.22. The zero-order valence-electron chi connectivity index (χ0n) is 9.09. The van der Waals surface area contributed by atoms with Gasteiger partial charge in [0.05, 0.1) is 6.07 Å². The van der Waals surface area contributed by atoms with Gasteiger partial charge in [-0.25, -0.2) is 0 Å². The highest BCUT2D eigenvalue weighted by Crippen LogP contribution is 2.31. The first-order chi connectivity index (χ1) is 7.28. The maximum atomic E-state index is 9.41. The quantitative estimate of drug-likeness (QED) is 0.756. The summed E-state index contributed by atoms with van der Waals surface area (Å²) < 4.78 is 0. The summed E-state index contributed by atoms with van der Waals surface area (Å²) in [7, 11) is 0. The summed E-state index contributed by atoms with van der Waals surface area (Å²) in [5.74, 6) is 0. The summed E-state index contributed by atoms with van der Waals surface area (Å²) in [6.45, 7) is 3.02. The lowest BCUT2D eigenvalue weighted by molar-refractivity contribution is 0.329. The van der Waals surface area contributed by atoms with Crippen LogP contribution in [-0.4, -0.2) is 6.54 Å². The number of nitriles is 1. The van der Waals surface area contributed by atoms with E-state index in [1.165, 1.54) is 12.0 Å². The van der Waals surface area contributed by atoms with Gasteiger partial charge in [0.25, 0.3) is 0 Å². The zero-order valence-corrected chi connectivity index (χ0v) is 9.09. The van der Waals surface area contributed by atoms with E-state index in [-0.39, 0.29) is 0 Å². The Morgan fingerprint density at radius 1 is 1.33 bits per heavy atom. The molecule has 0 bridgehead atoms. The Labute approximate surface area is 90.9 Å². The summed E-state index contributed by atoms with van der Waals surface area (Å²) in [6, 6.07) is 10.6. The molecule has 1 heterocycles. The summed E-state index contributed by atoms with van der Waals surface area (Å²) in [5.41, 5.74) is 1.91. The molecule has 2 nitrogen and oxygen atoms in total. The lowest BCUT2D eigenvalue weighted by Gasteiger charge is -2.33. The average molecular weight is 200 g/mol. The lowest BCUT2D eigenvalue weighted by atomic mass is 9.81. The van der Waals surface area contributed by atoms with E-state index in [1.807, 2.05) is 12.1 Å². The molecule has 0 spiro atoms. The van der Waals surface area contributed by atoms with Crippen LogP contribution in [0.2, 0.25) is 0 Å². The number of rotatable bonds is 1. The molecule has 1 fully saturated rings. The normalized spacial score (nSPS) is 25.9. The molecule has 2 heteroatoms. The topological polar surface area (TPSA) is 35.8 Å². The number of aryl methyl sites for hydroxylation is 1. The van der Waals surface area contributed by atoms with E-state index >= 15 is 0 Å². The Hall–Kier alpha value is -1.33. The van der Waals surface area contributed by atoms with Crippen molar-refractivity contribution >= 4 is 0 Å². The summed E-state index contributed by atoms with van der Waals surface area (Å²) in [6.07, 6.45) is 3.23. The monoisotopic (exact) mass is 200 g/mol. The minimum Gasteiger partial charge on any atom is -0.296 e. The van der Waals surface area contributed by atoms with Crippen LogP contribution in [0.3, 0.4) is 0 Å². The second kappa shape index (κ2) is 4.04. The molecule has 1 unspecified atom stereocenters. The van der Waals surface area contributed by atoms with Gasteiger partial charge in [0.15, 0.2) is 0 Å². The maximum absolute atomic E-state index is 9.41. The van der Waals surface area contributed by atoms with Crippen LogP contribution in [0.15, 0.2) is 24.3 Å². The number of piperidine rings is 1. The van der Waals surface area contributed by atoms with Crippen molar-refractivity contribution in [1.29, 1.82) is 5.26 Å². The lowest BCUT2D eigenvalue weighted by Crippen LogP contribution is -2.45. The molecule has 1 aliphatic rings. The van der Waals surface area contributed by atoms with Gasteiger partial charge < -0.3 is 0 Å². The average Bonchev–Trinajstić information content (AvgIpc) is 2.30. The van der Waals surface area contributed by atoms with Gasteiger partial charge in [-0.1, -0.05) is 24.3 Å². The van der Waals surface area contributed by atoms with Crippen LogP contribution < -0.4 is 5.32 Å². The van der Waals surface area contributed by atoms with Crippen molar-refractivity contribution in [2.24, 2.45) is 0 Å². The van der Waals surface area contributed by atoms with Crippen molar-refractivity contribution < 1.29 is 0 Å². The molecule has 0 aromatic heterocycles. The maximum Gasteiger partial charge on any atom is 0.132 e. The molecule has 15 heavy (non-hydrogen) atoms. The van der Waals surface area contributed by atoms with Crippen LogP contribution in [0.25, 0.3) is 0 Å². The van der Waals surface area contributed by atoms with Gasteiger partial charge in [0, 0.05) is 0 Å². The minimum atomic E-state index is -0.441. The first kappa shape index (κ1) is 10.2. The largest absolute Gasteiger partial charge is 0.296 e. The predicted octanol–water partition coefficient (Wildman–Crippen LogP) is 2.49. The predicted molar refractivity (Wildman–Crippen MR) is 60.3 cm³/mol. The smallest absolute Gasteiger partial charge is 0.132 e. The highest BCUT2D eigenvalue weighted by atomic mass is 15.0. The van der Waals surface area contributed by atoms with Crippen LogP contribution in [0.5, 0.6) is 0 Å². The fraction of sp³-hybridized carbons (Fsp3) is 0.462. The third-order valence-corrected chi connectivity index (χ3v) is 3.20. The van der Waals surface area contributed by atoms with Crippen molar-refractivity contribution in [3.05, 3.63) is 35.4 Å². The van der Waals surface area contributed by atoms with E-state index in [0.29, 0.717) is 0 Å². The summed E-state index contributed by atoms with van der Waals surface area (Å²) in [5, 5.41) is 12.8. The van der Waals surface area contributed by atoms with E-state index in [0.717, 1.165) is 24.9 Å². The van der Waals surface area contributed by atoms with E-state index in [1.54, 1.807) is 0 Å². The molecule has 1 N–H and O–H groups in total. The van der Waals surface area contributed by atoms with E-state index < -0.39 is 5.54 Å². The van der Waals surface area contributed by atoms with Gasteiger partial charge in [0.1, 0.15) is 5.54 Å². The Morgan fingerprint density at radius 2 is 2.13 bits per heavy atom. The molecule has 1 saturated heterocycles. The summed E-state index contributed by atoms with van der Waals surface area (Å²) >= 11 is 0. The van der Waals surface area contributed by atoms with Gasteiger partial charge in [-0.3, -0.25) is 5.32 Å². The van der Waals surface area contributed by atoms with E-state index in [9.17, 15) is 5.26 Å². The standard InChI is InChI=1S/C13H16N2/c1-11-6-2-3-7-12(11)13(10-14)8-4-5-9-15-13/h2-3,6-7,15H,4-5,8-9H2,1H3. The van der Waals surface area contributed by atoms with E-state index in [4.69, 9.17) is 0 Å². The molecule has 1 aliphatic heterocycles. The van der Waals surface area contributed by atoms with Gasteiger partial charge in [-0.15, -0.1) is 0 Å². The molecule has 0 amide bonds. The third kappa shape index (κ3) is 1.75. The Kier molecular flexibility index (Phi) is 2.75. The molecular formula is C13H16N2. The first-order valence-electron chi connectivity index (χ1n) is 5.51. The number of hydrogen-bond acceptors (Lipinski definition) is 2. The Bertz CT molecular complexity index is 384. The minimum absolute atomic E-state index is 0.441. The van der Waals surface area contributed by atoms with Gasteiger partial charge in [-0.05, 0) is 43.9 Å². The molecule has 2 rings (SSSR count). The molecular weight excluding hydrogens is 184 g/mol. The fourth-order valence-electron chi connectivity index (χ4n) is 2.34. The van der Waals surface area contributed by atoms with Crippen LogP contribution in [0.1, 0.15) is 30.4 Å². The third-order valence-electron chi connectivity index (χ3n) is 3.20. The van der Waals surface area contributed by atoms with Crippen molar-refractivity contribution in [2.75, 3.05) is 6.54 Å². The van der Waals surface area contributed by atoms with Crippen molar-refractivity contribution in [3.63, 3.8) is 0 Å². The number of nitrogens with one attached hydrogen (secondary N) is 1. The summed E-state index contributed by atoms with van der Waals surface area (Å²) in [4.78, 5) is 0. The number of nitrogens with zero attached hydrogens (tertiary/aromatic N) is 1. The highest BCUT2D eigenvalue weighted by molar-refractivity contribution is 5.38. The fourth-order valence-corrected chi connectivity index (χ4v) is 2.34. The van der Waals surface area contributed by atoms with Crippen LogP contribution in [-0.2, 0) is 5.54 Å². The van der Waals surface area contributed by atoms with Crippen LogP contribution in [0, 0.1) is 18.3 Å². The number of benzene rings is 1. The molecule has 1 atom stereocenters.